The first-order chi connectivity index (χ1) is 6.69. The molecule has 4 heteroatoms. The molecule has 0 aromatic heterocycles. The minimum absolute atomic E-state index is 0.0128. The maximum Gasteiger partial charge on any atom is 0.334 e. The van der Waals surface area contributed by atoms with Crippen molar-refractivity contribution >= 4 is 5.97 Å². The highest BCUT2D eigenvalue weighted by molar-refractivity contribution is 5.74. The number of aliphatic hydroxyl groups is 1. The first-order valence-corrected chi connectivity index (χ1v) is 4.97. The molecule has 0 aliphatic heterocycles. The Morgan fingerprint density at radius 2 is 2.14 bits per heavy atom. The predicted molar refractivity (Wildman–Crippen MR) is 50.8 cm³/mol. The van der Waals surface area contributed by atoms with Gasteiger partial charge in [-0.25, -0.2) is 4.79 Å². The number of rotatable bonds is 3. The van der Waals surface area contributed by atoms with Crippen LogP contribution < -0.4 is 0 Å². The van der Waals surface area contributed by atoms with Gasteiger partial charge in [0.15, 0.2) is 6.10 Å². The van der Waals surface area contributed by atoms with E-state index in [9.17, 15) is 9.90 Å². The van der Waals surface area contributed by atoms with E-state index in [1.54, 1.807) is 7.11 Å². The number of carbonyl (C=O) groups excluding carboxylic acids is 1. The number of ether oxygens (including phenoxy) is 2. The maximum atomic E-state index is 11.1. The van der Waals surface area contributed by atoms with Crippen molar-refractivity contribution in [3.05, 3.63) is 0 Å². The average molecular weight is 202 g/mol. The minimum Gasteiger partial charge on any atom is -0.467 e. The molecular formula is C10H18O4. The summed E-state index contributed by atoms with van der Waals surface area (Å²) in [7, 11) is 2.96. The topological polar surface area (TPSA) is 55.8 Å². The molecule has 0 amide bonds. The SMILES string of the molecule is COC(=O)C(O)C1CCCC(OC)C1. The van der Waals surface area contributed by atoms with Gasteiger partial charge in [-0.1, -0.05) is 6.42 Å². The normalized spacial score (nSPS) is 29.6. The number of methoxy groups -OCH3 is 2. The fourth-order valence-corrected chi connectivity index (χ4v) is 2.00. The lowest BCUT2D eigenvalue weighted by Gasteiger charge is -2.30. The lowest BCUT2D eigenvalue weighted by molar-refractivity contribution is -0.155. The van der Waals surface area contributed by atoms with Crippen molar-refractivity contribution in [2.45, 2.75) is 37.9 Å². The summed E-state index contributed by atoms with van der Waals surface area (Å²) in [6.07, 6.45) is 2.81. The van der Waals surface area contributed by atoms with Crippen LogP contribution in [0.15, 0.2) is 0 Å². The molecule has 3 atom stereocenters. The van der Waals surface area contributed by atoms with E-state index in [2.05, 4.69) is 4.74 Å². The molecule has 0 heterocycles. The van der Waals surface area contributed by atoms with Gasteiger partial charge in [-0.05, 0) is 25.2 Å². The molecule has 0 radical (unpaired) electrons. The Balaban J connectivity index is 2.46. The first kappa shape index (κ1) is 11.5. The van der Waals surface area contributed by atoms with Gasteiger partial charge >= 0.3 is 5.97 Å². The van der Waals surface area contributed by atoms with Crippen molar-refractivity contribution < 1.29 is 19.4 Å². The molecule has 1 aliphatic rings. The van der Waals surface area contributed by atoms with Crippen molar-refractivity contribution in [3.63, 3.8) is 0 Å². The summed E-state index contributed by atoms with van der Waals surface area (Å²) >= 11 is 0. The number of aliphatic hydroxyl groups excluding tert-OH is 1. The molecule has 1 fully saturated rings. The van der Waals surface area contributed by atoms with Crippen molar-refractivity contribution in [2.75, 3.05) is 14.2 Å². The first-order valence-electron chi connectivity index (χ1n) is 4.97. The number of hydrogen-bond donors (Lipinski definition) is 1. The van der Waals surface area contributed by atoms with Crippen LogP contribution in [0.4, 0.5) is 0 Å². The van der Waals surface area contributed by atoms with Crippen LogP contribution in [0.1, 0.15) is 25.7 Å². The van der Waals surface area contributed by atoms with Gasteiger partial charge in [-0.3, -0.25) is 0 Å². The molecule has 3 unspecified atom stereocenters. The zero-order chi connectivity index (χ0) is 10.6. The van der Waals surface area contributed by atoms with E-state index in [1.807, 2.05) is 0 Å². The minimum atomic E-state index is -0.988. The van der Waals surface area contributed by atoms with Gasteiger partial charge in [-0.2, -0.15) is 0 Å². The molecule has 1 N–H and O–H groups in total. The molecular weight excluding hydrogens is 184 g/mol. The van der Waals surface area contributed by atoms with Gasteiger partial charge in [0.1, 0.15) is 0 Å². The Kier molecular flexibility index (Phi) is 4.35. The van der Waals surface area contributed by atoms with Crippen molar-refractivity contribution in [1.82, 2.24) is 0 Å². The van der Waals surface area contributed by atoms with E-state index >= 15 is 0 Å². The van der Waals surface area contributed by atoms with Crippen molar-refractivity contribution in [3.8, 4) is 0 Å². The van der Waals surface area contributed by atoms with Gasteiger partial charge in [0.25, 0.3) is 0 Å². The highest BCUT2D eigenvalue weighted by Gasteiger charge is 2.31. The molecule has 14 heavy (non-hydrogen) atoms. The molecule has 1 rings (SSSR count). The Bertz CT molecular complexity index is 193. The Morgan fingerprint density at radius 1 is 1.43 bits per heavy atom. The van der Waals surface area contributed by atoms with Crippen molar-refractivity contribution in [1.29, 1.82) is 0 Å². The smallest absolute Gasteiger partial charge is 0.334 e. The monoisotopic (exact) mass is 202 g/mol. The van der Waals surface area contributed by atoms with Crippen LogP contribution in [-0.2, 0) is 14.3 Å². The summed E-state index contributed by atoms with van der Waals surface area (Å²) < 4.78 is 9.73. The van der Waals surface area contributed by atoms with Gasteiger partial charge in [0.2, 0.25) is 0 Å². The maximum absolute atomic E-state index is 11.1. The third-order valence-corrected chi connectivity index (χ3v) is 2.89. The quantitative estimate of drug-likeness (QED) is 0.685. The Morgan fingerprint density at radius 3 is 2.71 bits per heavy atom. The molecule has 1 aliphatic carbocycles. The summed E-state index contributed by atoms with van der Waals surface area (Å²) in [6, 6.07) is 0. The molecule has 0 bridgehead atoms. The number of esters is 1. The predicted octanol–water partition coefficient (Wildman–Crippen LogP) is 0.725. The van der Waals surface area contributed by atoms with Gasteiger partial charge < -0.3 is 14.6 Å². The van der Waals surface area contributed by atoms with Crippen LogP contribution in [0.5, 0.6) is 0 Å². The summed E-state index contributed by atoms with van der Waals surface area (Å²) in [5.74, 6) is -0.548. The van der Waals surface area contributed by atoms with Gasteiger partial charge in [0.05, 0.1) is 13.2 Å². The second-order valence-corrected chi connectivity index (χ2v) is 3.75. The highest BCUT2D eigenvalue weighted by atomic mass is 16.5. The zero-order valence-electron chi connectivity index (χ0n) is 8.73. The third kappa shape index (κ3) is 2.69. The summed E-state index contributed by atoms with van der Waals surface area (Å²) in [6.45, 7) is 0. The van der Waals surface area contributed by atoms with Gasteiger partial charge in [-0.15, -0.1) is 0 Å². The van der Waals surface area contributed by atoms with Crippen molar-refractivity contribution in [2.24, 2.45) is 5.92 Å². The fourth-order valence-electron chi connectivity index (χ4n) is 2.00. The second-order valence-electron chi connectivity index (χ2n) is 3.75. The van der Waals surface area contributed by atoms with Crippen LogP contribution in [0.2, 0.25) is 0 Å². The van der Waals surface area contributed by atoms with Crippen LogP contribution >= 0.6 is 0 Å². The van der Waals surface area contributed by atoms with Crippen LogP contribution in [0.25, 0.3) is 0 Å². The van der Waals surface area contributed by atoms with E-state index in [-0.39, 0.29) is 12.0 Å². The third-order valence-electron chi connectivity index (χ3n) is 2.89. The molecule has 1 saturated carbocycles. The standard InChI is InChI=1S/C10H18O4/c1-13-8-5-3-4-7(6-8)9(11)10(12)14-2/h7-9,11H,3-6H2,1-2H3. The van der Waals surface area contributed by atoms with E-state index < -0.39 is 12.1 Å². The molecule has 0 aromatic rings. The lowest BCUT2D eigenvalue weighted by Crippen LogP contribution is -2.35. The Labute approximate surface area is 84.2 Å². The van der Waals surface area contributed by atoms with E-state index in [0.29, 0.717) is 0 Å². The fraction of sp³-hybridized carbons (Fsp3) is 0.900. The lowest BCUT2D eigenvalue weighted by atomic mass is 9.83. The zero-order valence-corrected chi connectivity index (χ0v) is 8.73. The molecule has 0 saturated heterocycles. The number of hydrogen-bond acceptors (Lipinski definition) is 4. The largest absolute Gasteiger partial charge is 0.467 e. The molecule has 82 valence electrons. The van der Waals surface area contributed by atoms with Crippen LogP contribution in [0.3, 0.4) is 0 Å². The van der Waals surface area contributed by atoms with Crippen LogP contribution in [0, 0.1) is 5.92 Å². The summed E-state index contributed by atoms with van der Waals surface area (Å²) in [5.41, 5.74) is 0. The Hall–Kier alpha value is -0.610. The molecule has 4 nitrogen and oxygen atoms in total. The molecule has 0 spiro atoms. The molecule has 0 aromatic carbocycles. The highest BCUT2D eigenvalue weighted by Crippen LogP contribution is 2.28. The summed E-state index contributed by atoms with van der Waals surface area (Å²) in [4.78, 5) is 11.1. The van der Waals surface area contributed by atoms with E-state index in [0.717, 1.165) is 25.7 Å². The van der Waals surface area contributed by atoms with E-state index in [4.69, 9.17) is 4.74 Å². The van der Waals surface area contributed by atoms with E-state index in [1.165, 1.54) is 7.11 Å². The van der Waals surface area contributed by atoms with Gasteiger partial charge in [0, 0.05) is 7.11 Å². The average Bonchev–Trinajstić information content (AvgIpc) is 2.27. The second kappa shape index (κ2) is 5.32. The summed E-state index contributed by atoms with van der Waals surface area (Å²) in [5, 5.41) is 9.63. The number of carbonyl (C=O) groups is 1. The van der Waals surface area contributed by atoms with Crippen LogP contribution in [-0.4, -0.2) is 37.5 Å².